The van der Waals surface area contributed by atoms with Gasteiger partial charge in [-0.15, -0.1) is 0 Å². The number of aliphatic hydroxyl groups excluding tert-OH is 1. The SMILES string of the molecule is Nc1ncn(C2CC(C=O)C(CO)O2)c(=O)n1. The monoisotopic (exact) mass is 240 g/mol. The molecule has 8 heteroatoms. The molecule has 1 aromatic heterocycles. The minimum Gasteiger partial charge on any atom is -0.394 e. The average Bonchev–Trinajstić information content (AvgIpc) is 2.72. The zero-order valence-corrected chi connectivity index (χ0v) is 8.89. The van der Waals surface area contributed by atoms with Gasteiger partial charge in [0, 0.05) is 12.3 Å². The highest BCUT2D eigenvalue weighted by Gasteiger charge is 2.36. The van der Waals surface area contributed by atoms with E-state index in [-0.39, 0.29) is 12.6 Å². The third-order valence-electron chi connectivity index (χ3n) is 2.69. The maximum atomic E-state index is 11.5. The van der Waals surface area contributed by atoms with Gasteiger partial charge in [0.25, 0.3) is 0 Å². The number of hydrogen-bond donors (Lipinski definition) is 2. The number of nitrogens with two attached hydrogens (primary N) is 1. The van der Waals surface area contributed by atoms with Crippen molar-refractivity contribution < 1.29 is 14.6 Å². The Morgan fingerprint density at radius 2 is 2.47 bits per heavy atom. The standard InChI is InChI=1S/C9H12N4O4/c10-8-11-4-13(9(16)12-8)7-1-5(2-14)6(3-15)17-7/h2,4-7,15H,1,3H2,(H2,10,12,16). The lowest BCUT2D eigenvalue weighted by atomic mass is 10.0. The van der Waals surface area contributed by atoms with Gasteiger partial charge in [0.1, 0.15) is 18.8 Å². The Hall–Kier alpha value is -1.80. The lowest BCUT2D eigenvalue weighted by Crippen LogP contribution is -2.28. The number of nitrogen functional groups attached to an aromatic ring is 1. The van der Waals surface area contributed by atoms with E-state index < -0.39 is 23.9 Å². The summed E-state index contributed by atoms with van der Waals surface area (Å²) in [6.45, 7) is -0.273. The molecule has 0 saturated carbocycles. The largest absolute Gasteiger partial charge is 0.394 e. The van der Waals surface area contributed by atoms with Crippen LogP contribution in [-0.2, 0) is 9.53 Å². The summed E-state index contributed by atoms with van der Waals surface area (Å²) in [7, 11) is 0. The van der Waals surface area contributed by atoms with E-state index in [1.54, 1.807) is 0 Å². The van der Waals surface area contributed by atoms with E-state index in [4.69, 9.17) is 15.6 Å². The second kappa shape index (κ2) is 4.60. The van der Waals surface area contributed by atoms with Crippen LogP contribution in [0.3, 0.4) is 0 Å². The van der Waals surface area contributed by atoms with E-state index in [1.165, 1.54) is 6.33 Å². The first-order valence-corrected chi connectivity index (χ1v) is 5.08. The van der Waals surface area contributed by atoms with Gasteiger partial charge in [0.2, 0.25) is 5.95 Å². The molecule has 3 unspecified atom stereocenters. The summed E-state index contributed by atoms with van der Waals surface area (Å²) in [5.41, 5.74) is 4.67. The first-order valence-electron chi connectivity index (χ1n) is 5.08. The van der Waals surface area contributed by atoms with E-state index in [1.807, 2.05) is 0 Å². The quantitative estimate of drug-likeness (QED) is 0.605. The molecule has 1 saturated heterocycles. The Balaban J connectivity index is 2.25. The van der Waals surface area contributed by atoms with Crippen LogP contribution in [0.1, 0.15) is 12.6 Å². The Labute approximate surface area is 96.1 Å². The van der Waals surface area contributed by atoms with Crippen molar-refractivity contribution in [2.75, 3.05) is 12.3 Å². The van der Waals surface area contributed by atoms with Crippen LogP contribution in [0.5, 0.6) is 0 Å². The number of carbonyl (C=O) groups excluding carboxylic acids is 1. The van der Waals surface area contributed by atoms with Gasteiger partial charge >= 0.3 is 5.69 Å². The van der Waals surface area contributed by atoms with E-state index in [0.717, 1.165) is 4.57 Å². The summed E-state index contributed by atoms with van der Waals surface area (Å²) in [6.07, 6.45) is 1.00. The van der Waals surface area contributed by atoms with Crippen LogP contribution < -0.4 is 11.4 Å². The smallest absolute Gasteiger partial charge is 0.354 e. The molecule has 1 aliphatic rings. The van der Waals surface area contributed by atoms with Gasteiger partial charge in [0.05, 0.1) is 12.7 Å². The molecule has 92 valence electrons. The molecule has 1 aromatic rings. The number of carbonyl (C=O) groups is 1. The Kier molecular flexibility index (Phi) is 3.16. The molecule has 0 aromatic carbocycles. The molecule has 0 aliphatic carbocycles. The van der Waals surface area contributed by atoms with Crippen molar-refractivity contribution in [3.8, 4) is 0 Å². The zero-order chi connectivity index (χ0) is 12.4. The third kappa shape index (κ3) is 2.17. The maximum absolute atomic E-state index is 11.5. The minimum absolute atomic E-state index is 0.116. The van der Waals surface area contributed by atoms with Crippen molar-refractivity contribution in [1.29, 1.82) is 0 Å². The van der Waals surface area contributed by atoms with Crippen molar-refractivity contribution in [1.82, 2.24) is 14.5 Å². The summed E-state index contributed by atoms with van der Waals surface area (Å²) in [5, 5.41) is 9.02. The number of nitrogens with zero attached hydrogens (tertiary/aromatic N) is 3. The van der Waals surface area contributed by atoms with Crippen LogP contribution in [0.15, 0.2) is 11.1 Å². The van der Waals surface area contributed by atoms with Crippen molar-refractivity contribution in [2.24, 2.45) is 5.92 Å². The highest BCUT2D eigenvalue weighted by atomic mass is 16.5. The first-order chi connectivity index (χ1) is 8.15. The number of hydrogen-bond acceptors (Lipinski definition) is 7. The molecule has 3 N–H and O–H groups in total. The molecule has 1 aliphatic heterocycles. The lowest BCUT2D eigenvalue weighted by molar-refractivity contribution is -0.113. The molecule has 2 rings (SSSR count). The Bertz CT molecular complexity index is 474. The molecule has 3 atom stereocenters. The van der Waals surface area contributed by atoms with Crippen LogP contribution in [0, 0.1) is 5.92 Å². The number of rotatable bonds is 3. The van der Waals surface area contributed by atoms with Crippen LogP contribution in [0.2, 0.25) is 0 Å². The number of aldehydes is 1. The zero-order valence-electron chi connectivity index (χ0n) is 8.89. The average molecular weight is 240 g/mol. The summed E-state index contributed by atoms with van der Waals surface area (Å²) < 4.78 is 6.54. The molecule has 1 fully saturated rings. The number of aromatic nitrogens is 3. The van der Waals surface area contributed by atoms with Crippen molar-refractivity contribution in [3.05, 3.63) is 16.8 Å². The Morgan fingerprint density at radius 3 is 3.00 bits per heavy atom. The van der Waals surface area contributed by atoms with Gasteiger partial charge in [-0.05, 0) is 0 Å². The van der Waals surface area contributed by atoms with E-state index in [0.29, 0.717) is 12.7 Å². The lowest BCUT2D eigenvalue weighted by Gasteiger charge is -2.13. The highest BCUT2D eigenvalue weighted by Crippen LogP contribution is 2.30. The minimum atomic E-state index is -0.643. The number of anilines is 1. The summed E-state index contributed by atoms with van der Waals surface area (Å²) in [6, 6.07) is 0. The van der Waals surface area contributed by atoms with Gasteiger partial charge in [-0.3, -0.25) is 4.57 Å². The molecule has 0 radical (unpaired) electrons. The topological polar surface area (TPSA) is 120 Å². The normalized spacial score (nSPS) is 28.2. The molecule has 0 bridgehead atoms. The van der Waals surface area contributed by atoms with Crippen LogP contribution in [0.25, 0.3) is 0 Å². The number of ether oxygens (including phenoxy) is 1. The van der Waals surface area contributed by atoms with Gasteiger partial charge in [-0.1, -0.05) is 0 Å². The fraction of sp³-hybridized carbons (Fsp3) is 0.556. The molecule has 2 heterocycles. The van der Waals surface area contributed by atoms with E-state index in [2.05, 4.69) is 9.97 Å². The molecule has 0 spiro atoms. The van der Waals surface area contributed by atoms with Gasteiger partial charge in [-0.2, -0.15) is 4.98 Å². The molecular formula is C9H12N4O4. The van der Waals surface area contributed by atoms with Crippen LogP contribution >= 0.6 is 0 Å². The predicted octanol–water partition coefficient (Wildman–Crippen LogP) is -1.68. The van der Waals surface area contributed by atoms with E-state index >= 15 is 0 Å². The third-order valence-corrected chi connectivity index (χ3v) is 2.69. The molecule has 8 nitrogen and oxygen atoms in total. The maximum Gasteiger partial charge on any atom is 0.354 e. The molecule has 17 heavy (non-hydrogen) atoms. The van der Waals surface area contributed by atoms with Crippen molar-refractivity contribution in [3.63, 3.8) is 0 Å². The second-order valence-corrected chi connectivity index (χ2v) is 3.75. The Morgan fingerprint density at radius 1 is 1.71 bits per heavy atom. The van der Waals surface area contributed by atoms with Crippen LogP contribution in [0.4, 0.5) is 5.95 Å². The second-order valence-electron chi connectivity index (χ2n) is 3.75. The summed E-state index contributed by atoms with van der Waals surface area (Å²) >= 11 is 0. The summed E-state index contributed by atoms with van der Waals surface area (Å²) in [5.74, 6) is -0.552. The fourth-order valence-corrected chi connectivity index (χ4v) is 1.80. The number of aliphatic hydroxyl groups is 1. The highest BCUT2D eigenvalue weighted by molar-refractivity contribution is 5.55. The summed E-state index contributed by atoms with van der Waals surface area (Å²) in [4.78, 5) is 29.4. The van der Waals surface area contributed by atoms with Gasteiger partial charge in [-0.25, -0.2) is 9.78 Å². The van der Waals surface area contributed by atoms with Crippen molar-refractivity contribution >= 4 is 12.2 Å². The molecule has 0 amide bonds. The molecular weight excluding hydrogens is 228 g/mol. The van der Waals surface area contributed by atoms with E-state index in [9.17, 15) is 9.59 Å². The van der Waals surface area contributed by atoms with Crippen LogP contribution in [-0.4, -0.2) is 38.6 Å². The van der Waals surface area contributed by atoms with Crippen molar-refractivity contribution in [2.45, 2.75) is 18.8 Å². The first kappa shape index (κ1) is 11.7. The predicted molar refractivity (Wildman–Crippen MR) is 55.9 cm³/mol. The fourth-order valence-electron chi connectivity index (χ4n) is 1.80. The van der Waals surface area contributed by atoms with Gasteiger partial charge < -0.3 is 20.4 Å². The van der Waals surface area contributed by atoms with Gasteiger partial charge in [0.15, 0.2) is 0 Å².